The fourth-order valence-electron chi connectivity index (χ4n) is 3.77. The Labute approximate surface area is 215 Å². The summed E-state index contributed by atoms with van der Waals surface area (Å²) in [6, 6.07) is 16.5. The molecule has 0 saturated carbocycles. The highest BCUT2D eigenvalue weighted by Crippen LogP contribution is 2.23. The zero-order chi connectivity index (χ0) is 26.6. The molecule has 36 heavy (non-hydrogen) atoms. The number of nitrogens with zero attached hydrogens (tertiary/aromatic N) is 1. The van der Waals surface area contributed by atoms with Crippen molar-refractivity contribution < 1.29 is 19.1 Å². The largest absolute Gasteiger partial charge is 0.444 e. The van der Waals surface area contributed by atoms with E-state index in [2.05, 4.69) is 17.6 Å². The molecule has 2 N–H and O–H groups in total. The van der Waals surface area contributed by atoms with Gasteiger partial charge in [-0.05, 0) is 45.2 Å². The molecule has 2 rings (SSSR count). The third-order valence-electron chi connectivity index (χ3n) is 5.62. The Kier molecular flexibility index (Phi) is 11.4. The molecule has 0 aliphatic carbocycles. The molecule has 0 spiro atoms. The summed E-state index contributed by atoms with van der Waals surface area (Å²) >= 11 is 0. The second-order valence-corrected chi connectivity index (χ2v) is 10.0. The summed E-state index contributed by atoms with van der Waals surface area (Å²) in [6.07, 6.45) is 3.16. The smallest absolute Gasteiger partial charge is 0.408 e. The number of aryl methyl sites for hydroxylation is 1. The van der Waals surface area contributed by atoms with Gasteiger partial charge in [0.25, 0.3) is 0 Å². The Bertz CT molecular complexity index is 968. The number of rotatable bonds is 12. The number of ether oxygens (including phenoxy) is 1. The summed E-state index contributed by atoms with van der Waals surface area (Å²) in [4.78, 5) is 40.7. The minimum absolute atomic E-state index is 0.253. The molecule has 7 heteroatoms. The number of hydrogen-bond acceptors (Lipinski definition) is 4. The van der Waals surface area contributed by atoms with Crippen LogP contribution in [0.5, 0.6) is 0 Å². The van der Waals surface area contributed by atoms with Gasteiger partial charge in [-0.15, -0.1) is 0 Å². The summed E-state index contributed by atoms with van der Waals surface area (Å²) in [5, 5.41) is 5.55. The van der Waals surface area contributed by atoms with E-state index in [4.69, 9.17) is 4.74 Å². The zero-order valence-electron chi connectivity index (χ0n) is 22.3. The van der Waals surface area contributed by atoms with Crippen molar-refractivity contribution in [2.24, 2.45) is 0 Å². The van der Waals surface area contributed by atoms with Gasteiger partial charge >= 0.3 is 6.09 Å². The second-order valence-electron chi connectivity index (χ2n) is 10.0. The lowest BCUT2D eigenvalue weighted by atomic mass is 10.0. The molecular weight excluding hydrogens is 454 g/mol. The molecule has 0 aromatic heterocycles. The van der Waals surface area contributed by atoms with Gasteiger partial charge in [0.1, 0.15) is 18.2 Å². The van der Waals surface area contributed by atoms with Crippen LogP contribution in [0.15, 0.2) is 54.6 Å². The zero-order valence-corrected chi connectivity index (χ0v) is 22.3. The normalized spacial score (nSPS) is 11.9. The van der Waals surface area contributed by atoms with Crippen molar-refractivity contribution in [1.29, 1.82) is 0 Å². The number of amides is 3. The minimum Gasteiger partial charge on any atom is -0.444 e. The van der Waals surface area contributed by atoms with Crippen molar-refractivity contribution in [1.82, 2.24) is 15.5 Å². The van der Waals surface area contributed by atoms with E-state index in [1.807, 2.05) is 61.5 Å². The number of hydrogen-bond donors (Lipinski definition) is 2. The lowest BCUT2D eigenvalue weighted by molar-refractivity contribution is -0.140. The van der Waals surface area contributed by atoms with Crippen LogP contribution in [0.25, 0.3) is 0 Å². The summed E-state index contributed by atoms with van der Waals surface area (Å²) < 4.78 is 5.27. The lowest BCUT2D eigenvalue weighted by Gasteiger charge is -2.32. The third kappa shape index (κ3) is 10.1. The maximum Gasteiger partial charge on any atom is 0.408 e. The second kappa shape index (κ2) is 14.3. The fourth-order valence-corrected chi connectivity index (χ4v) is 3.77. The van der Waals surface area contributed by atoms with E-state index in [1.165, 1.54) is 0 Å². The predicted octanol–water partition coefficient (Wildman–Crippen LogP) is 5.29. The van der Waals surface area contributed by atoms with E-state index in [1.54, 1.807) is 25.7 Å². The van der Waals surface area contributed by atoms with Gasteiger partial charge in [-0.1, -0.05) is 86.3 Å². The first kappa shape index (κ1) is 28.9. The number of carbonyl (C=O) groups is 3. The van der Waals surface area contributed by atoms with Gasteiger partial charge in [-0.2, -0.15) is 0 Å². The summed E-state index contributed by atoms with van der Waals surface area (Å²) in [5.41, 5.74) is 2.09. The molecule has 0 aliphatic heterocycles. The summed E-state index contributed by atoms with van der Waals surface area (Å²) in [5.74, 6) is -0.596. The van der Waals surface area contributed by atoms with E-state index < -0.39 is 17.7 Å². The Morgan fingerprint density at radius 2 is 1.58 bits per heavy atom. The topological polar surface area (TPSA) is 87.7 Å². The molecule has 0 bridgehead atoms. The van der Waals surface area contributed by atoms with Gasteiger partial charge < -0.3 is 20.3 Å². The van der Waals surface area contributed by atoms with Gasteiger partial charge in [0.15, 0.2) is 0 Å². The molecule has 0 heterocycles. The molecule has 1 atom stereocenters. The van der Waals surface area contributed by atoms with Gasteiger partial charge in [0, 0.05) is 13.1 Å². The van der Waals surface area contributed by atoms with Crippen LogP contribution in [0.4, 0.5) is 4.79 Å². The maximum atomic E-state index is 13.5. The summed E-state index contributed by atoms with van der Waals surface area (Å²) in [6.45, 7) is 9.91. The average Bonchev–Trinajstić information content (AvgIpc) is 2.83. The highest BCUT2D eigenvalue weighted by Gasteiger charge is 2.31. The number of unbranched alkanes of at least 4 members (excludes halogenated alkanes) is 3. The van der Waals surface area contributed by atoms with Crippen LogP contribution in [-0.2, 0) is 20.9 Å². The average molecular weight is 496 g/mol. The lowest BCUT2D eigenvalue weighted by Crippen LogP contribution is -2.48. The molecule has 0 fully saturated rings. The molecular formula is C29H41N3O4. The van der Waals surface area contributed by atoms with E-state index in [-0.39, 0.29) is 18.4 Å². The number of carbonyl (C=O) groups excluding carboxylic acids is 3. The molecule has 2 aromatic carbocycles. The van der Waals surface area contributed by atoms with Gasteiger partial charge in [0.2, 0.25) is 11.8 Å². The van der Waals surface area contributed by atoms with Crippen molar-refractivity contribution in [2.45, 2.75) is 78.5 Å². The highest BCUT2D eigenvalue weighted by molar-refractivity contribution is 5.90. The Balaban J connectivity index is 2.27. The number of alkyl carbamates (subject to hydrolysis) is 1. The molecule has 0 saturated heterocycles. The van der Waals surface area contributed by atoms with Crippen LogP contribution in [0.1, 0.15) is 76.1 Å². The van der Waals surface area contributed by atoms with E-state index in [9.17, 15) is 14.4 Å². The van der Waals surface area contributed by atoms with Crippen LogP contribution in [0, 0.1) is 6.92 Å². The van der Waals surface area contributed by atoms with E-state index in [0.29, 0.717) is 13.1 Å². The Morgan fingerprint density at radius 3 is 2.19 bits per heavy atom. The number of nitrogens with one attached hydrogen (secondary N) is 2. The molecule has 196 valence electrons. The summed E-state index contributed by atoms with van der Waals surface area (Å²) in [7, 11) is 0. The molecule has 2 aromatic rings. The van der Waals surface area contributed by atoms with Crippen molar-refractivity contribution >= 4 is 17.9 Å². The van der Waals surface area contributed by atoms with Gasteiger partial charge in [-0.25, -0.2) is 4.79 Å². The van der Waals surface area contributed by atoms with E-state index >= 15 is 0 Å². The highest BCUT2D eigenvalue weighted by atomic mass is 16.6. The minimum atomic E-state index is -0.816. The first-order chi connectivity index (χ1) is 17.1. The third-order valence-corrected chi connectivity index (χ3v) is 5.62. The van der Waals surface area contributed by atoms with Crippen LogP contribution in [0.2, 0.25) is 0 Å². The van der Waals surface area contributed by atoms with Crippen LogP contribution in [0.3, 0.4) is 0 Å². The van der Waals surface area contributed by atoms with Gasteiger partial charge in [0.05, 0.1) is 0 Å². The molecule has 3 amide bonds. The first-order valence-corrected chi connectivity index (χ1v) is 12.7. The molecule has 7 nitrogen and oxygen atoms in total. The molecule has 0 radical (unpaired) electrons. The van der Waals surface area contributed by atoms with Crippen molar-refractivity contribution in [3.05, 3.63) is 71.3 Å². The monoisotopic (exact) mass is 495 g/mol. The van der Waals surface area contributed by atoms with Crippen LogP contribution in [-0.4, -0.2) is 41.5 Å². The first-order valence-electron chi connectivity index (χ1n) is 12.7. The SMILES string of the molecule is CCCCCCN(C(=O)CNC(=O)OC(C)(C)C)C(C(=O)NCc1ccccc1)c1ccc(C)cc1. The Hall–Kier alpha value is -3.35. The van der Waals surface area contributed by atoms with Crippen LogP contribution < -0.4 is 10.6 Å². The quantitative estimate of drug-likeness (QED) is 0.392. The van der Waals surface area contributed by atoms with E-state index in [0.717, 1.165) is 42.4 Å². The number of benzene rings is 2. The van der Waals surface area contributed by atoms with Crippen molar-refractivity contribution in [3.8, 4) is 0 Å². The standard InChI is InChI=1S/C29H41N3O4/c1-6-7-8-12-19-32(25(33)21-31-28(35)36-29(3,4)5)26(24-17-15-22(2)16-18-24)27(34)30-20-23-13-10-9-11-14-23/h9-11,13-18,26H,6-8,12,19-21H2,1-5H3,(H,30,34)(H,31,35). The molecule has 1 unspecified atom stereocenters. The fraction of sp³-hybridized carbons (Fsp3) is 0.483. The Morgan fingerprint density at radius 1 is 0.917 bits per heavy atom. The maximum absolute atomic E-state index is 13.5. The molecule has 0 aliphatic rings. The van der Waals surface area contributed by atoms with Crippen molar-refractivity contribution in [2.75, 3.05) is 13.1 Å². The van der Waals surface area contributed by atoms with Crippen molar-refractivity contribution in [3.63, 3.8) is 0 Å². The van der Waals surface area contributed by atoms with Crippen LogP contribution >= 0.6 is 0 Å². The van der Waals surface area contributed by atoms with Gasteiger partial charge in [-0.3, -0.25) is 9.59 Å². The predicted molar refractivity (Wildman–Crippen MR) is 142 cm³/mol.